The molecule has 0 radical (unpaired) electrons. The second-order valence-electron chi connectivity index (χ2n) is 29.3. The largest absolute Gasteiger partial charge is 0.456 e. The van der Waals surface area contributed by atoms with Gasteiger partial charge in [-0.1, -0.05) is 297 Å². The van der Waals surface area contributed by atoms with Gasteiger partial charge in [0.25, 0.3) is 0 Å². The number of furan rings is 3. The van der Waals surface area contributed by atoms with Gasteiger partial charge in [-0.05, 0) is 193 Å². The van der Waals surface area contributed by atoms with Gasteiger partial charge in [0, 0.05) is 97.5 Å². The van der Waals surface area contributed by atoms with Crippen LogP contribution in [0.1, 0.15) is 0 Å². The molecule has 6 heteroatoms. The zero-order valence-corrected chi connectivity index (χ0v) is 62.6. The Morgan fingerprint density at radius 1 is 0.175 bits per heavy atom. The maximum atomic E-state index is 7.31. The molecule has 0 amide bonds. The van der Waals surface area contributed by atoms with Crippen molar-refractivity contribution >= 4 is 131 Å². The third-order valence-corrected chi connectivity index (χ3v) is 23.9. The summed E-state index contributed by atoms with van der Waals surface area (Å²) < 4.78 is 23.2. The van der Waals surface area contributed by atoms with Crippen LogP contribution in [0.3, 0.4) is 0 Å². The number of thiophene rings is 1. The van der Waals surface area contributed by atoms with Gasteiger partial charge in [-0.3, -0.25) is 0 Å². The molecule has 4 heterocycles. The molecule has 534 valence electrons. The van der Waals surface area contributed by atoms with Crippen molar-refractivity contribution in [2.24, 2.45) is 0 Å². The average molecular weight is 1470 g/mol. The number of para-hydroxylation sites is 3. The predicted octanol–water partition coefficient (Wildman–Crippen LogP) is 31.7. The lowest BCUT2D eigenvalue weighted by atomic mass is 9.87. The number of hydrogen-bond donors (Lipinski definition) is 0. The molecule has 5 nitrogen and oxygen atoms in total. The maximum Gasteiger partial charge on any atom is 0.143 e. The van der Waals surface area contributed by atoms with E-state index < -0.39 is 0 Å². The summed E-state index contributed by atoms with van der Waals surface area (Å²) >= 11 is 1.84. The molecule has 0 saturated heterocycles. The van der Waals surface area contributed by atoms with E-state index in [-0.39, 0.29) is 0 Å². The van der Waals surface area contributed by atoms with Crippen LogP contribution in [0.4, 0.5) is 34.1 Å². The Balaban J connectivity index is 0.706. The maximum absolute atomic E-state index is 7.31. The van der Waals surface area contributed by atoms with Crippen LogP contribution in [0.2, 0.25) is 0 Å². The lowest BCUT2D eigenvalue weighted by Crippen LogP contribution is -2.12. The van der Waals surface area contributed by atoms with E-state index in [0.717, 1.165) is 200 Å². The number of rotatable bonds is 15. The molecule has 18 aromatic carbocycles. The third-order valence-electron chi connectivity index (χ3n) is 22.7. The second-order valence-corrected chi connectivity index (χ2v) is 30.4. The summed E-state index contributed by atoms with van der Waals surface area (Å²) in [6.07, 6.45) is 0. The van der Waals surface area contributed by atoms with Crippen molar-refractivity contribution in [2.45, 2.75) is 0 Å². The highest BCUT2D eigenvalue weighted by Crippen LogP contribution is 2.53. The van der Waals surface area contributed by atoms with E-state index in [2.05, 4.69) is 410 Å². The highest BCUT2D eigenvalue weighted by atomic mass is 32.1. The van der Waals surface area contributed by atoms with Crippen LogP contribution in [-0.2, 0) is 0 Å². The van der Waals surface area contributed by atoms with Crippen LogP contribution in [0, 0.1) is 0 Å². The van der Waals surface area contributed by atoms with Gasteiger partial charge in [0.2, 0.25) is 0 Å². The van der Waals surface area contributed by atoms with Crippen molar-refractivity contribution in [2.75, 3.05) is 9.80 Å². The van der Waals surface area contributed by atoms with Gasteiger partial charge in [-0.2, -0.15) is 0 Å². The average Bonchev–Trinajstić information content (AvgIpc) is 1.19. The zero-order chi connectivity index (χ0) is 75.2. The fourth-order valence-electron chi connectivity index (χ4n) is 17.4. The minimum Gasteiger partial charge on any atom is -0.456 e. The van der Waals surface area contributed by atoms with Crippen molar-refractivity contribution in [3.8, 4) is 100 Å². The molecular formula is C108H68N2O3S. The van der Waals surface area contributed by atoms with Gasteiger partial charge in [-0.15, -0.1) is 11.3 Å². The van der Waals surface area contributed by atoms with Crippen molar-refractivity contribution in [3.05, 3.63) is 413 Å². The Bertz CT molecular complexity index is 7460. The van der Waals surface area contributed by atoms with Crippen LogP contribution in [0.25, 0.3) is 186 Å². The smallest absolute Gasteiger partial charge is 0.143 e. The third kappa shape index (κ3) is 11.4. The molecule has 0 aliphatic heterocycles. The van der Waals surface area contributed by atoms with E-state index in [4.69, 9.17) is 13.3 Å². The Morgan fingerprint density at radius 3 is 1.13 bits per heavy atom. The topological polar surface area (TPSA) is 45.9 Å². The van der Waals surface area contributed by atoms with Gasteiger partial charge in [0.05, 0.1) is 11.4 Å². The van der Waals surface area contributed by atoms with Gasteiger partial charge in [0.1, 0.15) is 33.5 Å². The van der Waals surface area contributed by atoms with Crippen LogP contribution in [-0.4, -0.2) is 0 Å². The van der Waals surface area contributed by atoms with E-state index in [0.29, 0.717) is 0 Å². The molecule has 0 unspecified atom stereocenters. The quantitative estimate of drug-likeness (QED) is 0.102. The lowest BCUT2D eigenvalue weighted by molar-refractivity contribution is 0.665. The number of anilines is 6. The number of nitrogens with zero attached hydrogens (tertiary/aromatic N) is 2. The Hall–Kier alpha value is -14.8. The van der Waals surface area contributed by atoms with Gasteiger partial charge < -0.3 is 23.1 Å². The first-order valence-electron chi connectivity index (χ1n) is 38.7. The molecule has 0 spiro atoms. The van der Waals surface area contributed by atoms with E-state index in [1.807, 2.05) is 23.5 Å². The fourth-order valence-corrected chi connectivity index (χ4v) is 18.5. The first kappa shape index (κ1) is 66.2. The number of benzene rings is 18. The van der Waals surface area contributed by atoms with Crippen molar-refractivity contribution < 1.29 is 13.3 Å². The summed E-state index contributed by atoms with van der Waals surface area (Å²) in [5, 5.41) is 8.72. The first-order chi connectivity index (χ1) is 56.5. The Labute approximate surface area is 662 Å². The molecule has 114 heavy (non-hydrogen) atoms. The second kappa shape index (κ2) is 27.6. The van der Waals surface area contributed by atoms with Crippen molar-refractivity contribution in [3.63, 3.8) is 0 Å². The highest BCUT2D eigenvalue weighted by molar-refractivity contribution is 7.25. The normalized spacial score (nSPS) is 11.7. The minimum atomic E-state index is 0.772. The number of hydrogen-bond acceptors (Lipinski definition) is 6. The Kier molecular flexibility index (Phi) is 16.0. The highest BCUT2D eigenvalue weighted by Gasteiger charge is 2.28. The monoisotopic (exact) mass is 1470 g/mol. The lowest BCUT2D eigenvalue weighted by Gasteiger charge is -2.30. The molecule has 0 aliphatic rings. The van der Waals surface area contributed by atoms with Gasteiger partial charge in [-0.25, -0.2) is 0 Å². The first-order valence-corrected chi connectivity index (χ1v) is 39.6. The van der Waals surface area contributed by atoms with Crippen molar-refractivity contribution in [1.82, 2.24) is 0 Å². The minimum absolute atomic E-state index is 0.772. The zero-order valence-electron chi connectivity index (χ0n) is 61.8. The SMILES string of the molecule is c1ccc(-c2ccccc2-c2c(-c3ccccc3)cccc2N(c2ccc(-c3ccc4oc5ccccc5c4c3)cc2)c2ccc3oc4c(-c5cc(-c6ccc(N(c7ccc8sc9ccccc9c8c7)c7cccc(-c8ccccc8)c7-c7ccccc7-c7ccccc7)cc6)cc6c5oc5ccccc56)cccc4c3c2)cc1. The van der Waals surface area contributed by atoms with Gasteiger partial charge in [0.15, 0.2) is 0 Å². The summed E-state index contributed by atoms with van der Waals surface area (Å²) in [7, 11) is 0. The Morgan fingerprint density at radius 2 is 0.544 bits per heavy atom. The van der Waals surface area contributed by atoms with Crippen LogP contribution < -0.4 is 9.80 Å². The van der Waals surface area contributed by atoms with Crippen LogP contribution >= 0.6 is 11.3 Å². The summed E-state index contributed by atoms with van der Waals surface area (Å²) in [6, 6.07) is 149. The summed E-state index contributed by atoms with van der Waals surface area (Å²) in [4.78, 5) is 4.90. The van der Waals surface area contributed by atoms with E-state index in [9.17, 15) is 0 Å². The standard InChI is InChI=1S/C108H68N2O3S/c1-5-26-71(27-6-1)81-34-13-15-39-88(81)105-83(73-30-9-3-10-31-73)41-24-45-97(105)109(77-55-50-69(51-56-77)75-54-61-101-92(64-75)85-36-17-20-47-99(85)111-101)79-59-62-102-93(67-79)90-43-23-44-91(107(90)113-102)96-66-76(65-95-86-37-18-21-48-100(86)112-108(95)96)70-52-57-78(58-53-70)110(80-60-63-104-94(68-80)87-38-19-22-49-103(87)114-104)98-46-25-42-84(74-32-11-4-12-33-74)106(98)89-40-16-14-35-82(89)72-28-7-2-8-29-72/h1-68H. The molecular weight excluding hydrogens is 1410 g/mol. The molecule has 0 atom stereocenters. The molecule has 22 rings (SSSR count). The molecule has 0 saturated carbocycles. The van der Waals surface area contributed by atoms with E-state index in [1.165, 1.54) is 20.2 Å². The van der Waals surface area contributed by atoms with Crippen LogP contribution in [0.5, 0.6) is 0 Å². The van der Waals surface area contributed by atoms with E-state index >= 15 is 0 Å². The predicted molar refractivity (Wildman–Crippen MR) is 479 cm³/mol. The summed E-state index contributed by atoms with van der Waals surface area (Å²) in [5.41, 5.74) is 30.9. The number of fused-ring (bicyclic) bond motifs is 12. The van der Waals surface area contributed by atoms with E-state index in [1.54, 1.807) is 0 Å². The molecule has 0 N–H and O–H groups in total. The molecule has 0 bridgehead atoms. The molecule has 22 aromatic rings. The fraction of sp³-hybridized carbons (Fsp3) is 0. The molecule has 4 aromatic heterocycles. The van der Waals surface area contributed by atoms with Gasteiger partial charge >= 0.3 is 0 Å². The molecule has 0 aliphatic carbocycles. The molecule has 0 fully saturated rings. The van der Waals surface area contributed by atoms with Crippen molar-refractivity contribution in [1.29, 1.82) is 0 Å². The van der Waals surface area contributed by atoms with Crippen LogP contribution in [0.15, 0.2) is 426 Å². The summed E-state index contributed by atoms with van der Waals surface area (Å²) in [6.45, 7) is 0. The summed E-state index contributed by atoms with van der Waals surface area (Å²) in [5.74, 6) is 0.